The maximum atomic E-state index is 12.7. The molecule has 132 valence electrons. The number of carbonyl (C=O) groups is 1. The van der Waals surface area contributed by atoms with E-state index in [0.717, 1.165) is 31.6 Å². The molecule has 1 aliphatic heterocycles. The number of likely N-dealkylation sites (N-methyl/N-ethyl adjacent to an activating group) is 1. The number of anilines is 1. The highest BCUT2D eigenvalue weighted by atomic mass is 16.2. The van der Waals surface area contributed by atoms with Crippen molar-refractivity contribution in [1.29, 1.82) is 0 Å². The number of amides is 1. The zero-order valence-corrected chi connectivity index (χ0v) is 15.1. The van der Waals surface area contributed by atoms with Gasteiger partial charge in [0.2, 0.25) is 5.91 Å². The second kappa shape index (κ2) is 8.28. The summed E-state index contributed by atoms with van der Waals surface area (Å²) in [6, 6.07) is 18.9. The van der Waals surface area contributed by atoms with Crippen molar-refractivity contribution < 1.29 is 4.79 Å². The molecule has 0 radical (unpaired) electrons. The molecular formula is C21H27N3O. The van der Waals surface area contributed by atoms with Crippen LogP contribution in [0, 0.1) is 0 Å². The predicted molar refractivity (Wildman–Crippen MR) is 103 cm³/mol. The number of aryl methyl sites for hydroxylation is 1. The molecule has 4 heteroatoms. The summed E-state index contributed by atoms with van der Waals surface area (Å²) in [5.74, 6) is 0.151. The summed E-state index contributed by atoms with van der Waals surface area (Å²) in [6.07, 6.45) is 2.09. The molecule has 2 aromatic rings. The van der Waals surface area contributed by atoms with Gasteiger partial charge in [0.1, 0.15) is 0 Å². The van der Waals surface area contributed by atoms with Gasteiger partial charge in [-0.05, 0) is 44.1 Å². The van der Waals surface area contributed by atoms with Crippen molar-refractivity contribution in [3.8, 4) is 0 Å². The SMILES string of the molecule is CN(C)[C@H](CNCC(=O)N1CCCc2ccccc21)c1ccccc1. The van der Waals surface area contributed by atoms with Gasteiger partial charge in [-0.25, -0.2) is 0 Å². The number of nitrogens with zero attached hydrogens (tertiary/aromatic N) is 2. The van der Waals surface area contributed by atoms with E-state index in [4.69, 9.17) is 0 Å². The minimum absolute atomic E-state index is 0.151. The van der Waals surface area contributed by atoms with Crippen LogP contribution < -0.4 is 10.2 Å². The Kier molecular flexibility index (Phi) is 5.84. The fourth-order valence-electron chi connectivity index (χ4n) is 3.48. The summed E-state index contributed by atoms with van der Waals surface area (Å²) in [5, 5.41) is 3.36. The van der Waals surface area contributed by atoms with Crippen LogP contribution in [0.25, 0.3) is 0 Å². The standard InChI is InChI=1S/C21H27N3O/c1-23(2)20(18-9-4-3-5-10-18)15-22-16-21(25)24-14-8-12-17-11-6-7-13-19(17)24/h3-7,9-11,13,20,22H,8,12,14-16H2,1-2H3/t20-/m1/s1. The van der Waals surface area contributed by atoms with Crippen LogP contribution in [0.1, 0.15) is 23.6 Å². The largest absolute Gasteiger partial charge is 0.311 e. The van der Waals surface area contributed by atoms with Crippen LogP contribution in [-0.4, -0.2) is 44.5 Å². The monoisotopic (exact) mass is 337 g/mol. The van der Waals surface area contributed by atoms with Gasteiger partial charge >= 0.3 is 0 Å². The molecule has 0 unspecified atom stereocenters. The van der Waals surface area contributed by atoms with Crippen LogP contribution in [-0.2, 0) is 11.2 Å². The summed E-state index contributed by atoms with van der Waals surface area (Å²) in [7, 11) is 4.14. The van der Waals surface area contributed by atoms with E-state index < -0.39 is 0 Å². The minimum Gasteiger partial charge on any atom is -0.311 e. The lowest BCUT2D eigenvalue weighted by Crippen LogP contribution is -2.42. The molecule has 3 rings (SSSR count). The molecule has 0 aliphatic carbocycles. The van der Waals surface area contributed by atoms with Crippen molar-refractivity contribution in [1.82, 2.24) is 10.2 Å². The number of benzene rings is 2. The minimum atomic E-state index is 0.151. The van der Waals surface area contributed by atoms with E-state index in [9.17, 15) is 4.79 Å². The van der Waals surface area contributed by atoms with Gasteiger partial charge in [-0.15, -0.1) is 0 Å². The number of para-hydroxylation sites is 1. The van der Waals surface area contributed by atoms with E-state index in [1.807, 2.05) is 23.1 Å². The summed E-state index contributed by atoms with van der Waals surface area (Å²) in [5.41, 5.74) is 3.61. The van der Waals surface area contributed by atoms with Gasteiger partial charge in [0.05, 0.1) is 6.54 Å². The Morgan fingerprint density at radius 3 is 2.60 bits per heavy atom. The Morgan fingerprint density at radius 1 is 1.12 bits per heavy atom. The van der Waals surface area contributed by atoms with Gasteiger partial charge in [-0.3, -0.25) is 4.79 Å². The fraction of sp³-hybridized carbons (Fsp3) is 0.381. The second-order valence-electron chi connectivity index (χ2n) is 6.80. The summed E-state index contributed by atoms with van der Waals surface area (Å²) in [6.45, 7) is 1.93. The maximum absolute atomic E-state index is 12.7. The van der Waals surface area contributed by atoms with Gasteiger partial charge in [0, 0.05) is 24.8 Å². The molecule has 0 spiro atoms. The number of hydrogen-bond acceptors (Lipinski definition) is 3. The molecule has 1 N–H and O–H groups in total. The highest BCUT2D eigenvalue weighted by Gasteiger charge is 2.22. The molecule has 1 heterocycles. The Balaban J connectivity index is 1.59. The lowest BCUT2D eigenvalue weighted by Gasteiger charge is -2.30. The normalized spacial score (nSPS) is 15.1. The van der Waals surface area contributed by atoms with Crippen molar-refractivity contribution in [2.24, 2.45) is 0 Å². The molecule has 0 fully saturated rings. The molecule has 1 atom stereocenters. The smallest absolute Gasteiger partial charge is 0.240 e. The molecule has 4 nitrogen and oxygen atoms in total. The van der Waals surface area contributed by atoms with Gasteiger partial charge in [0.15, 0.2) is 0 Å². The molecule has 1 amide bonds. The topological polar surface area (TPSA) is 35.6 Å². The number of hydrogen-bond donors (Lipinski definition) is 1. The van der Waals surface area contributed by atoms with Crippen LogP contribution in [0.5, 0.6) is 0 Å². The fourth-order valence-corrected chi connectivity index (χ4v) is 3.48. The zero-order valence-electron chi connectivity index (χ0n) is 15.1. The van der Waals surface area contributed by atoms with Gasteiger partial charge in [0.25, 0.3) is 0 Å². The lowest BCUT2D eigenvalue weighted by molar-refractivity contribution is -0.117. The van der Waals surface area contributed by atoms with Gasteiger partial charge in [-0.1, -0.05) is 48.5 Å². The van der Waals surface area contributed by atoms with E-state index in [0.29, 0.717) is 6.54 Å². The summed E-state index contributed by atoms with van der Waals surface area (Å²) in [4.78, 5) is 16.8. The van der Waals surface area contributed by atoms with Crippen LogP contribution in [0.2, 0.25) is 0 Å². The van der Waals surface area contributed by atoms with Crippen molar-refractivity contribution >= 4 is 11.6 Å². The predicted octanol–water partition coefficient (Wildman–Crippen LogP) is 2.86. The van der Waals surface area contributed by atoms with E-state index in [-0.39, 0.29) is 11.9 Å². The first-order chi connectivity index (χ1) is 12.2. The average Bonchev–Trinajstić information content (AvgIpc) is 2.65. The molecule has 0 bridgehead atoms. The van der Waals surface area contributed by atoms with E-state index in [1.165, 1.54) is 11.1 Å². The second-order valence-corrected chi connectivity index (χ2v) is 6.80. The average molecular weight is 337 g/mol. The van der Waals surface area contributed by atoms with E-state index >= 15 is 0 Å². The summed E-state index contributed by atoms with van der Waals surface area (Å²) >= 11 is 0. The molecule has 25 heavy (non-hydrogen) atoms. The Labute approximate surface area is 150 Å². The van der Waals surface area contributed by atoms with E-state index in [1.54, 1.807) is 0 Å². The Morgan fingerprint density at radius 2 is 1.84 bits per heavy atom. The van der Waals surface area contributed by atoms with Crippen LogP contribution in [0.3, 0.4) is 0 Å². The molecule has 0 saturated carbocycles. The highest BCUT2D eigenvalue weighted by molar-refractivity contribution is 5.95. The Hall–Kier alpha value is -2.17. The number of nitrogens with one attached hydrogen (secondary N) is 1. The van der Waals surface area contributed by atoms with Gasteiger partial charge < -0.3 is 15.1 Å². The van der Waals surface area contributed by atoms with Crippen molar-refractivity contribution in [2.75, 3.05) is 38.6 Å². The van der Waals surface area contributed by atoms with Crippen LogP contribution in [0.4, 0.5) is 5.69 Å². The molecule has 0 saturated heterocycles. The van der Waals surface area contributed by atoms with Crippen LogP contribution >= 0.6 is 0 Å². The molecule has 2 aromatic carbocycles. The summed E-state index contributed by atoms with van der Waals surface area (Å²) < 4.78 is 0. The Bertz CT molecular complexity index is 699. The number of carbonyl (C=O) groups excluding carboxylic acids is 1. The highest BCUT2D eigenvalue weighted by Crippen LogP contribution is 2.26. The number of fused-ring (bicyclic) bond motifs is 1. The van der Waals surface area contributed by atoms with E-state index in [2.05, 4.69) is 60.7 Å². The van der Waals surface area contributed by atoms with Crippen molar-refractivity contribution in [3.63, 3.8) is 0 Å². The third kappa shape index (κ3) is 4.27. The lowest BCUT2D eigenvalue weighted by atomic mass is 10.0. The van der Waals surface area contributed by atoms with Crippen LogP contribution in [0.15, 0.2) is 54.6 Å². The maximum Gasteiger partial charge on any atom is 0.240 e. The third-order valence-corrected chi connectivity index (χ3v) is 4.83. The van der Waals surface area contributed by atoms with Crippen molar-refractivity contribution in [3.05, 3.63) is 65.7 Å². The van der Waals surface area contributed by atoms with Crippen molar-refractivity contribution in [2.45, 2.75) is 18.9 Å². The molecular weight excluding hydrogens is 310 g/mol. The third-order valence-electron chi connectivity index (χ3n) is 4.83. The first kappa shape index (κ1) is 17.6. The number of rotatable bonds is 6. The zero-order chi connectivity index (χ0) is 17.6. The molecule has 1 aliphatic rings. The van der Waals surface area contributed by atoms with Gasteiger partial charge in [-0.2, -0.15) is 0 Å². The first-order valence-corrected chi connectivity index (χ1v) is 8.97. The first-order valence-electron chi connectivity index (χ1n) is 8.97. The molecule has 0 aromatic heterocycles. The quantitative estimate of drug-likeness (QED) is 0.880.